The summed E-state index contributed by atoms with van der Waals surface area (Å²) in [5.74, 6) is 0.462. The van der Waals surface area contributed by atoms with Crippen molar-refractivity contribution in [2.75, 3.05) is 0 Å². The summed E-state index contributed by atoms with van der Waals surface area (Å²) in [4.78, 5) is 15.9. The van der Waals surface area contributed by atoms with E-state index in [-0.39, 0.29) is 5.56 Å². The number of aryl methyl sites for hydroxylation is 2. The highest BCUT2D eigenvalue weighted by Gasteiger charge is 2.12. The molecular weight excluding hydrogens is 280 g/mol. The van der Waals surface area contributed by atoms with Gasteiger partial charge >= 0.3 is 0 Å². The van der Waals surface area contributed by atoms with Gasteiger partial charge in [0.25, 0.3) is 5.56 Å². The Hall–Kier alpha value is -2.47. The molecule has 6 nitrogen and oxygen atoms in total. The lowest BCUT2D eigenvalue weighted by Gasteiger charge is -2.16. The van der Waals surface area contributed by atoms with Gasteiger partial charge in [-0.1, -0.05) is 30.3 Å². The number of hydrogen-bond donors (Lipinski definition) is 1. The number of aliphatic hydroxyl groups excluding tert-OH is 1. The fraction of sp³-hybridized carbons (Fsp3) is 0.312. The molecule has 0 radical (unpaired) electrons. The van der Waals surface area contributed by atoms with Crippen molar-refractivity contribution in [3.05, 3.63) is 64.3 Å². The van der Waals surface area contributed by atoms with Gasteiger partial charge < -0.3 is 9.67 Å². The second kappa shape index (κ2) is 6.11. The maximum absolute atomic E-state index is 11.8. The Morgan fingerprint density at radius 1 is 1.27 bits per heavy atom. The zero-order chi connectivity index (χ0) is 15.5. The average Bonchev–Trinajstić information content (AvgIpc) is 3.00. The fourth-order valence-corrected chi connectivity index (χ4v) is 2.56. The van der Waals surface area contributed by atoms with Crippen LogP contribution in [0.2, 0.25) is 0 Å². The second-order valence-corrected chi connectivity index (χ2v) is 5.38. The van der Waals surface area contributed by atoms with Crippen molar-refractivity contribution in [2.24, 2.45) is 0 Å². The van der Waals surface area contributed by atoms with Crippen LogP contribution in [0, 0.1) is 6.92 Å². The average molecular weight is 298 g/mol. The molecule has 22 heavy (non-hydrogen) atoms. The molecule has 0 spiro atoms. The van der Waals surface area contributed by atoms with Crippen LogP contribution in [-0.4, -0.2) is 30.4 Å². The standard InChI is InChI=1S/C16H18N4O2/c1-12-9-15(22)20-16(17-11-18-20)19(12)10-14(21)8-7-13-5-3-2-4-6-13/h2-6,9,11,14,21H,7-8,10H2,1H3/t14-/m1/s1. The largest absolute Gasteiger partial charge is 0.391 e. The van der Waals surface area contributed by atoms with Gasteiger partial charge in [-0.2, -0.15) is 14.6 Å². The van der Waals surface area contributed by atoms with Crippen molar-refractivity contribution in [3.63, 3.8) is 0 Å². The summed E-state index contributed by atoms with van der Waals surface area (Å²) in [6.45, 7) is 2.22. The van der Waals surface area contributed by atoms with Crippen LogP contribution < -0.4 is 5.56 Å². The minimum atomic E-state index is -0.512. The highest BCUT2D eigenvalue weighted by Crippen LogP contribution is 2.09. The minimum absolute atomic E-state index is 0.208. The van der Waals surface area contributed by atoms with E-state index < -0.39 is 6.10 Å². The zero-order valence-electron chi connectivity index (χ0n) is 12.4. The monoisotopic (exact) mass is 298 g/mol. The Balaban J connectivity index is 1.75. The minimum Gasteiger partial charge on any atom is -0.391 e. The molecule has 0 saturated carbocycles. The van der Waals surface area contributed by atoms with Crippen molar-refractivity contribution in [3.8, 4) is 0 Å². The van der Waals surface area contributed by atoms with Crippen molar-refractivity contribution in [1.82, 2.24) is 19.2 Å². The van der Waals surface area contributed by atoms with E-state index in [1.165, 1.54) is 22.5 Å². The molecule has 0 bridgehead atoms. The van der Waals surface area contributed by atoms with Crippen LogP contribution in [-0.2, 0) is 13.0 Å². The first kappa shape index (κ1) is 14.5. The normalized spacial score (nSPS) is 12.6. The Kier molecular flexibility index (Phi) is 4.02. The summed E-state index contributed by atoms with van der Waals surface area (Å²) in [5, 5.41) is 14.2. The molecule has 3 aromatic rings. The number of hydrogen-bond acceptors (Lipinski definition) is 4. The predicted molar refractivity (Wildman–Crippen MR) is 82.8 cm³/mol. The van der Waals surface area contributed by atoms with Crippen LogP contribution in [0.5, 0.6) is 0 Å². The number of aliphatic hydroxyl groups is 1. The molecule has 1 atom stereocenters. The molecule has 6 heteroatoms. The first-order valence-corrected chi connectivity index (χ1v) is 7.27. The Morgan fingerprint density at radius 2 is 2.05 bits per heavy atom. The number of benzene rings is 1. The molecule has 0 aliphatic rings. The van der Waals surface area contributed by atoms with Gasteiger partial charge in [-0.05, 0) is 25.3 Å². The third kappa shape index (κ3) is 2.92. The summed E-state index contributed by atoms with van der Waals surface area (Å²) in [6, 6.07) is 11.6. The van der Waals surface area contributed by atoms with Crippen LogP contribution in [0.25, 0.3) is 5.78 Å². The third-order valence-electron chi connectivity index (χ3n) is 3.74. The predicted octanol–water partition coefficient (Wildman–Crippen LogP) is 1.19. The molecule has 1 aromatic carbocycles. The number of aromatic nitrogens is 4. The summed E-state index contributed by atoms with van der Waals surface area (Å²) in [6.07, 6.45) is 2.30. The maximum Gasteiger partial charge on any atom is 0.275 e. The number of rotatable bonds is 5. The zero-order valence-corrected chi connectivity index (χ0v) is 12.4. The highest BCUT2D eigenvalue weighted by molar-refractivity contribution is 5.29. The van der Waals surface area contributed by atoms with E-state index in [0.717, 1.165) is 12.1 Å². The van der Waals surface area contributed by atoms with Crippen molar-refractivity contribution in [1.29, 1.82) is 0 Å². The van der Waals surface area contributed by atoms with Crippen LogP contribution in [0.4, 0.5) is 0 Å². The van der Waals surface area contributed by atoms with E-state index in [4.69, 9.17) is 0 Å². The molecule has 3 rings (SSSR count). The molecule has 0 aliphatic heterocycles. The van der Waals surface area contributed by atoms with E-state index >= 15 is 0 Å². The Labute approximate surface area is 127 Å². The smallest absolute Gasteiger partial charge is 0.275 e. The second-order valence-electron chi connectivity index (χ2n) is 5.38. The molecule has 0 aliphatic carbocycles. The summed E-state index contributed by atoms with van der Waals surface area (Å²) < 4.78 is 3.07. The van der Waals surface area contributed by atoms with Gasteiger partial charge in [0.2, 0.25) is 5.78 Å². The molecule has 2 aromatic heterocycles. The van der Waals surface area contributed by atoms with Crippen LogP contribution >= 0.6 is 0 Å². The van der Waals surface area contributed by atoms with Gasteiger partial charge in [-0.25, -0.2) is 0 Å². The Morgan fingerprint density at radius 3 is 2.82 bits per heavy atom. The topological polar surface area (TPSA) is 72.4 Å². The van der Waals surface area contributed by atoms with Gasteiger partial charge in [-0.3, -0.25) is 4.79 Å². The lowest BCUT2D eigenvalue weighted by atomic mass is 10.1. The van der Waals surface area contributed by atoms with Gasteiger partial charge in [0.15, 0.2) is 0 Å². The van der Waals surface area contributed by atoms with E-state index in [0.29, 0.717) is 18.7 Å². The molecule has 114 valence electrons. The molecule has 0 unspecified atom stereocenters. The van der Waals surface area contributed by atoms with E-state index in [1.807, 2.05) is 41.8 Å². The highest BCUT2D eigenvalue weighted by atomic mass is 16.3. The molecule has 2 heterocycles. The van der Waals surface area contributed by atoms with Gasteiger partial charge in [-0.15, -0.1) is 0 Å². The summed E-state index contributed by atoms with van der Waals surface area (Å²) in [7, 11) is 0. The summed E-state index contributed by atoms with van der Waals surface area (Å²) >= 11 is 0. The summed E-state index contributed by atoms with van der Waals surface area (Å²) in [5.41, 5.74) is 1.76. The van der Waals surface area contributed by atoms with Crippen molar-refractivity contribution < 1.29 is 5.11 Å². The lowest BCUT2D eigenvalue weighted by molar-refractivity contribution is 0.144. The van der Waals surface area contributed by atoms with E-state index in [2.05, 4.69) is 10.1 Å². The fourth-order valence-electron chi connectivity index (χ4n) is 2.56. The van der Waals surface area contributed by atoms with E-state index in [1.54, 1.807) is 0 Å². The third-order valence-corrected chi connectivity index (χ3v) is 3.74. The molecule has 1 N–H and O–H groups in total. The first-order chi connectivity index (χ1) is 10.6. The van der Waals surface area contributed by atoms with Gasteiger partial charge in [0.05, 0.1) is 12.6 Å². The SMILES string of the molecule is Cc1cc(=O)n2ncnc2n1C[C@H](O)CCc1ccccc1. The van der Waals surface area contributed by atoms with Crippen LogP contribution in [0.3, 0.4) is 0 Å². The van der Waals surface area contributed by atoms with E-state index in [9.17, 15) is 9.90 Å². The van der Waals surface area contributed by atoms with Gasteiger partial charge in [0.1, 0.15) is 6.33 Å². The van der Waals surface area contributed by atoms with Crippen molar-refractivity contribution in [2.45, 2.75) is 32.4 Å². The molecule has 0 saturated heterocycles. The molecular formula is C16H18N4O2. The van der Waals surface area contributed by atoms with Gasteiger partial charge in [0, 0.05) is 11.8 Å². The van der Waals surface area contributed by atoms with Crippen LogP contribution in [0.1, 0.15) is 17.7 Å². The maximum atomic E-state index is 11.8. The molecule has 0 amide bonds. The van der Waals surface area contributed by atoms with Crippen molar-refractivity contribution >= 4 is 5.78 Å². The Bertz CT molecular complexity index is 823. The number of nitrogens with zero attached hydrogens (tertiary/aromatic N) is 4. The lowest BCUT2D eigenvalue weighted by Crippen LogP contribution is -2.25. The molecule has 0 fully saturated rings. The number of fused-ring (bicyclic) bond motifs is 1. The van der Waals surface area contributed by atoms with Crippen LogP contribution in [0.15, 0.2) is 47.5 Å². The first-order valence-electron chi connectivity index (χ1n) is 7.27. The quantitative estimate of drug-likeness (QED) is 0.768.